The Morgan fingerprint density at radius 2 is 1.89 bits per heavy atom. The van der Waals surface area contributed by atoms with E-state index in [-0.39, 0.29) is 23.6 Å². The van der Waals surface area contributed by atoms with Gasteiger partial charge in [0.2, 0.25) is 6.54 Å². The smallest absolute Gasteiger partial charge is 0.407 e. The zero-order chi connectivity index (χ0) is 14.5. The molecule has 0 aliphatic heterocycles. The first-order chi connectivity index (χ1) is 8.76. The molecule has 0 radical (unpaired) electrons. The van der Waals surface area contributed by atoms with Crippen LogP contribution in [-0.4, -0.2) is 29.2 Å². The average Bonchev–Trinajstić information content (AvgIpc) is 2.25. The number of hydrogen-bond acceptors (Lipinski definition) is 4. The minimum atomic E-state index is -0.479. The molecule has 0 aromatic heterocycles. The number of nitrogens with zero attached hydrogens (tertiary/aromatic N) is 1. The van der Waals surface area contributed by atoms with E-state index < -0.39 is 5.60 Å². The highest BCUT2D eigenvalue weighted by Crippen LogP contribution is 2.27. The molecule has 6 heteroatoms. The van der Waals surface area contributed by atoms with Crippen LogP contribution in [0.25, 0.3) is 0 Å². The van der Waals surface area contributed by atoms with Crippen LogP contribution in [0.2, 0.25) is 0 Å². The zero-order valence-corrected chi connectivity index (χ0v) is 12.0. The van der Waals surface area contributed by atoms with Crippen molar-refractivity contribution in [2.45, 2.75) is 64.5 Å². The van der Waals surface area contributed by atoms with Crippen LogP contribution in [0.15, 0.2) is 0 Å². The number of rotatable bonds is 4. The fourth-order valence-electron chi connectivity index (χ4n) is 2.36. The van der Waals surface area contributed by atoms with Gasteiger partial charge in [-0.05, 0) is 52.4 Å². The van der Waals surface area contributed by atoms with Gasteiger partial charge in [0.05, 0.1) is 0 Å². The maximum absolute atomic E-state index is 11.6. The predicted octanol–water partition coefficient (Wildman–Crippen LogP) is 2.74. The lowest BCUT2D eigenvalue weighted by molar-refractivity contribution is -0.481. The lowest BCUT2D eigenvalue weighted by Gasteiger charge is -2.29. The van der Waals surface area contributed by atoms with Gasteiger partial charge >= 0.3 is 6.09 Å². The molecule has 0 unspecified atom stereocenters. The lowest BCUT2D eigenvalue weighted by Crippen LogP contribution is -2.41. The van der Waals surface area contributed by atoms with Crippen molar-refractivity contribution in [2.24, 2.45) is 5.92 Å². The fourth-order valence-corrected chi connectivity index (χ4v) is 2.36. The highest BCUT2D eigenvalue weighted by atomic mass is 16.6. The third-order valence-electron chi connectivity index (χ3n) is 3.29. The Hall–Kier alpha value is -1.33. The topological polar surface area (TPSA) is 81.5 Å². The van der Waals surface area contributed by atoms with Gasteiger partial charge in [-0.25, -0.2) is 4.79 Å². The Bertz CT molecular complexity index is 317. The molecule has 1 N–H and O–H groups in total. The van der Waals surface area contributed by atoms with Crippen LogP contribution >= 0.6 is 0 Å². The molecule has 1 rings (SSSR count). The van der Waals surface area contributed by atoms with Gasteiger partial charge in [0.25, 0.3) is 0 Å². The van der Waals surface area contributed by atoms with Crippen molar-refractivity contribution < 1.29 is 14.5 Å². The maximum atomic E-state index is 11.6. The predicted molar refractivity (Wildman–Crippen MR) is 71.6 cm³/mol. The molecule has 0 spiro atoms. The second kappa shape index (κ2) is 6.73. The fraction of sp³-hybridized carbons (Fsp3) is 0.923. The largest absolute Gasteiger partial charge is 0.444 e. The molecule has 0 bridgehead atoms. The van der Waals surface area contributed by atoms with E-state index in [9.17, 15) is 14.9 Å². The van der Waals surface area contributed by atoms with Gasteiger partial charge in [0.15, 0.2) is 0 Å². The van der Waals surface area contributed by atoms with Crippen molar-refractivity contribution in [1.82, 2.24) is 5.32 Å². The van der Waals surface area contributed by atoms with Crippen LogP contribution < -0.4 is 5.32 Å². The first-order valence-electron chi connectivity index (χ1n) is 6.87. The highest BCUT2D eigenvalue weighted by Gasteiger charge is 2.25. The summed E-state index contributed by atoms with van der Waals surface area (Å²) in [4.78, 5) is 21.7. The molecule has 1 saturated carbocycles. The van der Waals surface area contributed by atoms with Crippen molar-refractivity contribution in [3.8, 4) is 0 Å². The Balaban J connectivity index is 2.23. The summed E-state index contributed by atoms with van der Waals surface area (Å²) in [5, 5.41) is 13.2. The van der Waals surface area contributed by atoms with Gasteiger partial charge < -0.3 is 10.1 Å². The van der Waals surface area contributed by atoms with Crippen molar-refractivity contribution in [3.63, 3.8) is 0 Å². The molecule has 19 heavy (non-hydrogen) atoms. The highest BCUT2D eigenvalue weighted by molar-refractivity contribution is 5.68. The zero-order valence-electron chi connectivity index (χ0n) is 12.0. The van der Waals surface area contributed by atoms with Crippen molar-refractivity contribution in [1.29, 1.82) is 0 Å². The monoisotopic (exact) mass is 272 g/mol. The van der Waals surface area contributed by atoms with E-state index in [1.807, 2.05) is 20.8 Å². The summed E-state index contributed by atoms with van der Waals surface area (Å²) in [6.45, 7) is 5.55. The minimum absolute atomic E-state index is 0.0504. The molecular formula is C13H24N2O4. The van der Waals surface area contributed by atoms with E-state index in [0.29, 0.717) is 12.3 Å². The number of carbonyl (C=O) groups excluding carboxylic acids is 1. The van der Waals surface area contributed by atoms with Gasteiger partial charge in [0.1, 0.15) is 5.60 Å². The first kappa shape index (κ1) is 15.7. The Labute approximate surface area is 114 Å². The van der Waals surface area contributed by atoms with Gasteiger partial charge in [-0.3, -0.25) is 10.1 Å². The molecular weight excluding hydrogens is 248 g/mol. The van der Waals surface area contributed by atoms with Gasteiger partial charge in [0, 0.05) is 17.4 Å². The summed E-state index contributed by atoms with van der Waals surface area (Å²) in [7, 11) is 0. The summed E-state index contributed by atoms with van der Waals surface area (Å²) in [6.07, 6.45) is 3.90. The maximum Gasteiger partial charge on any atom is 0.407 e. The van der Waals surface area contributed by atoms with E-state index in [1.165, 1.54) is 0 Å². The lowest BCUT2D eigenvalue weighted by atomic mass is 9.84. The second-order valence-corrected chi connectivity index (χ2v) is 6.21. The molecule has 1 amide bonds. The quantitative estimate of drug-likeness (QED) is 0.630. The van der Waals surface area contributed by atoms with Crippen LogP contribution in [0.4, 0.5) is 4.79 Å². The van der Waals surface area contributed by atoms with Crippen molar-refractivity contribution in [2.75, 3.05) is 6.54 Å². The normalized spacial score (nSPS) is 23.7. The van der Waals surface area contributed by atoms with E-state index in [1.54, 1.807) is 0 Å². The number of hydrogen-bond donors (Lipinski definition) is 1. The molecule has 110 valence electrons. The third kappa shape index (κ3) is 6.98. The molecule has 0 atom stereocenters. The van der Waals surface area contributed by atoms with Crippen molar-refractivity contribution in [3.05, 3.63) is 10.1 Å². The third-order valence-corrected chi connectivity index (χ3v) is 3.29. The molecule has 6 nitrogen and oxygen atoms in total. The van der Waals surface area contributed by atoms with Crippen LogP contribution in [-0.2, 0) is 4.74 Å². The summed E-state index contributed by atoms with van der Waals surface area (Å²) >= 11 is 0. The number of nitrogens with one attached hydrogen (secondary N) is 1. The molecule has 1 fully saturated rings. The average molecular weight is 272 g/mol. The molecule has 0 saturated heterocycles. The summed E-state index contributed by atoms with van der Waals surface area (Å²) < 4.78 is 5.21. The van der Waals surface area contributed by atoms with Crippen LogP contribution in [0.1, 0.15) is 52.9 Å². The number of ether oxygens (including phenoxy) is 1. The number of alkyl carbamates (subject to hydrolysis) is 1. The van der Waals surface area contributed by atoms with E-state index in [0.717, 1.165) is 25.7 Å². The molecule has 0 aromatic rings. The van der Waals surface area contributed by atoms with E-state index in [4.69, 9.17) is 4.74 Å². The van der Waals surface area contributed by atoms with Crippen molar-refractivity contribution >= 4 is 6.09 Å². The minimum Gasteiger partial charge on any atom is -0.444 e. The van der Waals surface area contributed by atoms with Crippen LogP contribution in [0.5, 0.6) is 0 Å². The Morgan fingerprint density at radius 1 is 1.32 bits per heavy atom. The van der Waals surface area contributed by atoms with Gasteiger partial charge in [-0.2, -0.15) is 0 Å². The number of carbonyl (C=O) groups is 1. The second-order valence-electron chi connectivity index (χ2n) is 6.21. The summed E-state index contributed by atoms with van der Waals surface area (Å²) in [5.74, 6) is 0.419. The summed E-state index contributed by atoms with van der Waals surface area (Å²) in [6, 6.07) is 0.140. The number of nitro groups is 1. The van der Waals surface area contributed by atoms with E-state index >= 15 is 0 Å². The Morgan fingerprint density at radius 3 is 2.37 bits per heavy atom. The molecule has 1 aliphatic carbocycles. The van der Waals surface area contributed by atoms with Crippen LogP contribution in [0.3, 0.4) is 0 Å². The SMILES string of the molecule is CC(C)(C)OC(=O)NC1CCC(CC[N+](=O)[O-])CC1. The van der Waals surface area contributed by atoms with E-state index in [2.05, 4.69) is 5.32 Å². The molecule has 1 aliphatic rings. The molecule has 0 heterocycles. The van der Waals surface area contributed by atoms with Crippen LogP contribution in [0, 0.1) is 16.0 Å². The molecule has 0 aromatic carbocycles. The first-order valence-corrected chi connectivity index (χ1v) is 6.87. The van der Waals surface area contributed by atoms with Gasteiger partial charge in [-0.1, -0.05) is 0 Å². The Kier molecular flexibility index (Phi) is 5.57. The number of amides is 1. The van der Waals surface area contributed by atoms with Gasteiger partial charge in [-0.15, -0.1) is 0 Å². The standard InChI is InChI=1S/C13H24N2O4/c1-13(2,3)19-12(16)14-11-6-4-10(5-7-11)8-9-15(17)18/h10-11H,4-9H2,1-3H3,(H,14,16). The summed E-state index contributed by atoms with van der Waals surface area (Å²) in [5.41, 5.74) is -0.479.